The summed E-state index contributed by atoms with van der Waals surface area (Å²) in [6.07, 6.45) is 0.802. The minimum absolute atomic E-state index is 0.263. The van der Waals surface area contributed by atoms with Crippen molar-refractivity contribution in [3.05, 3.63) is 98.8 Å². The van der Waals surface area contributed by atoms with E-state index in [9.17, 15) is 4.79 Å². The Hall–Kier alpha value is -3.28. The molecule has 0 amide bonds. The van der Waals surface area contributed by atoms with Crippen molar-refractivity contribution in [3.63, 3.8) is 0 Å². The van der Waals surface area contributed by atoms with Gasteiger partial charge in [0.25, 0.3) is 0 Å². The molecule has 0 bridgehead atoms. The van der Waals surface area contributed by atoms with Gasteiger partial charge < -0.3 is 9.84 Å². The molecule has 3 aromatic carbocycles. The van der Waals surface area contributed by atoms with Crippen molar-refractivity contribution in [1.29, 1.82) is 0 Å². The van der Waals surface area contributed by atoms with Gasteiger partial charge in [0.2, 0.25) is 0 Å². The largest absolute Gasteiger partial charge is 0.487 e. The number of halogens is 2. The molecule has 0 saturated heterocycles. The Morgan fingerprint density at radius 2 is 1.71 bits per heavy atom. The molecule has 0 saturated carbocycles. The van der Waals surface area contributed by atoms with Gasteiger partial charge in [-0.2, -0.15) is 5.10 Å². The van der Waals surface area contributed by atoms with E-state index in [1.165, 1.54) is 0 Å². The quantitative estimate of drug-likeness (QED) is 0.292. The maximum absolute atomic E-state index is 11.1. The molecule has 4 aromatic rings. The Kier molecular flexibility index (Phi) is 6.96. The lowest BCUT2D eigenvalue weighted by atomic mass is 9.99. The molecule has 5 nitrogen and oxygen atoms in total. The Morgan fingerprint density at radius 3 is 2.29 bits per heavy atom. The lowest BCUT2D eigenvalue weighted by molar-refractivity contribution is 0.0697. The molecule has 1 heterocycles. The highest BCUT2D eigenvalue weighted by atomic mass is 35.5. The van der Waals surface area contributed by atoms with Crippen molar-refractivity contribution in [2.75, 3.05) is 0 Å². The average molecular weight is 495 g/mol. The first-order valence-corrected chi connectivity index (χ1v) is 11.6. The van der Waals surface area contributed by atoms with Gasteiger partial charge in [-0.1, -0.05) is 54.4 Å². The molecule has 7 heteroatoms. The second-order valence-electron chi connectivity index (χ2n) is 7.99. The Morgan fingerprint density at radius 1 is 1.03 bits per heavy atom. The van der Waals surface area contributed by atoms with E-state index in [0.29, 0.717) is 22.3 Å². The van der Waals surface area contributed by atoms with E-state index in [4.69, 9.17) is 38.1 Å². The molecule has 0 aliphatic carbocycles. The highest BCUT2D eigenvalue weighted by molar-refractivity contribution is 6.37. The number of hydrogen-bond acceptors (Lipinski definition) is 3. The standard InChI is InChI=1S/C27H24Cl2N2O3/c1-4-21-17(3)30-31(26-23(28)6-5-7-24(26)29)25(21)15-34-20-12-13-22(16(2)14-20)18-8-10-19(11-9-18)27(32)33/h5-14H,4,15H2,1-3H3,(H,32,33). The molecule has 174 valence electrons. The number of carboxylic acid groups (broad SMARTS) is 1. The van der Waals surface area contributed by atoms with E-state index in [-0.39, 0.29) is 5.56 Å². The van der Waals surface area contributed by atoms with Crippen LogP contribution in [0, 0.1) is 13.8 Å². The van der Waals surface area contributed by atoms with E-state index >= 15 is 0 Å². The van der Waals surface area contributed by atoms with Gasteiger partial charge in [-0.15, -0.1) is 0 Å². The van der Waals surface area contributed by atoms with E-state index < -0.39 is 5.97 Å². The van der Waals surface area contributed by atoms with Crippen LogP contribution in [0.2, 0.25) is 10.0 Å². The van der Waals surface area contributed by atoms with Crippen LogP contribution in [0.15, 0.2) is 60.7 Å². The van der Waals surface area contributed by atoms with E-state index in [0.717, 1.165) is 45.8 Å². The second kappa shape index (κ2) is 9.92. The molecule has 0 atom stereocenters. The fraction of sp³-hybridized carbons (Fsp3) is 0.185. The maximum Gasteiger partial charge on any atom is 0.335 e. The summed E-state index contributed by atoms with van der Waals surface area (Å²) in [4.78, 5) is 11.1. The number of aryl methyl sites for hydroxylation is 2. The SMILES string of the molecule is CCc1c(C)nn(-c2c(Cl)cccc2Cl)c1COc1ccc(-c2ccc(C(=O)O)cc2)c(C)c1. The summed E-state index contributed by atoms with van der Waals surface area (Å²) in [6.45, 7) is 6.36. The molecule has 0 spiro atoms. The summed E-state index contributed by atoms with van der Waals surface area (Å²) in [5.41, 5.74) is 6.81. The van der Waals surface area contributed by atoms with Crippen LogP contribution in [0.1, 0.15) is 39.8 Å². The zero-order chi connectivity index (χ0) is 24.4. The monoisotopic (exact) mass is 494 g/mol. The molecule has 0 fully saturated rings. The van der Waals surface area contributed by atoms with E-state index in [1.54, 1.807) is 35.0 Å². The van der Waals surface area contributed by atoms with Crippen LogP contribution in [0.4, 0.5) is 0 Å². The van der Waals surface area contributed by atoms with Crippen LogP contribution in [0.25, 0.3) is 16.8 Å². The molecule has 1 N–H and O–H groups in total. The summed E-state index contributed by atoms with van der Waals surface area (Å²) in [5.74, 6) is -0.216. The van der Waals surface area contributed by atoms with Gasteiger partial charge in [-0.05, 0) is 78.9 Å². The van der Waals surface area contributed by atoms with Gasteiger partial charge >= 0.3 is 5.97 Å². The third kappa shape index (κ3) is 4.67. The summed E-state index contributed by atoms with van der Waals surface area (Å²) < 4.78 is 7.97. The second-order valence-corrected chi connectivity index (χ2v) is 8.81. The van der Waals surface area contributed by atoms with Crippen molar-refractivity contribution in [2.24, 2.45) is 0 Å². The summed E-state index contributed by atoms with van der Waals surface area (Å²) in [6, 6.07) is 18.1. The van der Waals surface area contributed by atoms with Gasteiger partial charge in [-0.25, -0.2) is 9.48 Å². The lowest BCUT2D eigenvalue weighted by Crippen LogP contribution is -2.08. The molecule has 34 heavy (non-hydrogen) atoms. The fourth-order valence-electron chi connectivity index (χ4n) is 4.09. The number of hydrogen-bond donors (Lipinski definition) is 1. The third-order valence-corrected chi connectivity index (χ3v) is 6.42. The van der Waals surface area contributed by atoms with E-state index in [1.807, 2.05) is 44.2 Å². The lowest BCUT2D eigenvalue weighted by Gasteiger charge is -2.14. The van der Waals surface area contributed by atoms with Crippen LogP contribution in [0.3, 0.4) is 0 Å². The number of rotatable bonds is 7. The van der Waals surface area contributed by atoms with Gasteiger partial charge in [0.1, 0.15) is 18.0 Å². The minimum atomic E-state index is -0.939. The number of aromatic carboxylic acids is 1. The zero-order valence-corrected chi connectivity index (χ0v) is 20.6. The average Bonchev–Trinajstić information content (AvgIpc) is 3.12. The zero-order valence-electron chi connectivity index (χ0n) is 19.1. The summed E-state index contributed by atoms with van der Waals surface area (Å²) in [7, 11) is 0. The van der Waals surface area contributed by atoms with Gasteiger partial charge in [0, 0.05) is 0 Å². The van der Waals surface area contributed by atoms with Crippen molar-refractivity contribution in [2.45, 2.75) is 33.8 Å². The molecule has 0 aliphatic heterocycles. The highest BCUT2D eigenvalue weighted by Gasteiger charge is 2.19. The van der Waals surface area contributed by atoms with Crippen molar-refractivity contribution >= 4 is 29.2 Å². The normalized spacial score (nSPS) is 11.0. The first-order valence-electron chi connectivity index (χ1n) is 10.9. The Balaban J connectivity index is 1.62. The number of ether oxygens (including phenoxy) is 1. The molecule has 4 rings (SSSR count). The predicted octanol–water partition coefficient (Wildman–Crippen LogP) is 7.30. The number of benzene rings is 3. The molecule has 0 unspecified atom stereocenters. The van der Waals surface area contributed by atoms with Crippen molar-refractivity contribution < 1.29 is 14.6 Å². The van der Waals surface area contributed by atoms with Gasteiger partial charge in [-0.3, -0.25) is 0 Å². The maximum atomic E-state index is 11.1. The topological polar surface area (TPSA) is 64.4 Å². The molecular formula is C27H24Cl2N2O3. The van der Waals surface area contributed by atoms with Crippen molar-refractivity contribution in [1.82, 2.24) is 9.78 Å². The number of carboxylic acids is 1. The van der Waals surface area contributed by atoms with Gasteiger partial charge in [0.05, 0.1) is 27.0 Å². The minimum Gasteiger partial charge on any atom is -0.487 e. The van der Waals surface area contributed by atoms with Crippen LogP contribution in [0.5, 0.6) is 5.75 Å². The summed E-state index contributed by atoms with van der Waals surface area (Å²) >= 11 is 12.9. The van der Waals surface area contributed by atoms with Gasteiger partial charge in [0.15, 0.2) is 0 Å². The summed E-state index contributed by atoms with van der Waals surface area (Å²) in [5, 5.41) is 14.9. The number of para-hydroxylation sites is 1. The van der Waals surface area contributed by atoms with E-state index in [2.05, 4.69) is 6.92 Å². The van der Waals surface area contributed by atoms with Crippen LogP contribution in [-0.4, -0.2) is 20.9 Å². The Labute approximate surface area is 208 Å². The predicted molar refractivity (Wildman–Crippen MR) is 136 cm³/mol. The number of aromatic nitrogens is 2. The number of nitrogens with zero attached hydrogens (tertiary/aromatic N) is 2. The molecule has 0 radical (unpaired) electrons. The first-order chi connectivity index (χ1) is 16.3. The van der Waals surface area contributed by atoms with Crippen LogP contribution < -0.4 is 4.74 Å². The number of carbonyl (C=O) groups is 1. The molecular weight excluding hydrogens is 471 g/mol. The third-order valence-electron chi connectivity index (χ3n) is 5.81. The fourth-order valence-corrected chi connectivity index (χ4v) is 4.64. The molecule has 0 aliphatic rings. The smallest absolute Gasteiger partial charge is 0.335 e. The Bertz CT molecular complexity index is 1340. The molecule has 1 aromatic heterocycles. The van der Waals surface area contributed by atoms with Crippen LogP contribution >= 0.6 is 23.2 Å². The van der Waals surface area contributed by atoms with Crippen LogP contribution in [-0.2, 0) is 13.0 Å². The highest BCUT2D eigenvalue weighted by Crippen LogP contribution is 2.32. The first kappa shape index (κ1) is 23.9. The van der Waals surface area contributed by atoms with Crippen molar-refractivity contribution in [3.8, 4) is 22.6 Å².